The Morgan fingerprint density at radius 2 is 1.37 bits per heavy atom. The van der Waals surface area contributed by atoms with Crippen LogP contribution in [0.4, 0.5) is 0 Å². The van der Waals surface area contributed by atoms with Crippen LogP contribution in [-0.4, -0.2) is 0 Å². The van der Waals surface area contributed by atoms with E-state index in [0.717, 1.165) is 0 Å². The minimum atomic E-state index is 0.565. The summed E-state index contributed by atoms with van der Waals surface area (Å²) in [5, 5.41) is 0. The molecule has 27 heavy (non-hydrogen) atoms. The fraction of sp³-hybridized carbons (Fsp3) is 0.333. The summed E-state index contributed by atoms with van der Waals surface area (Å²) in [6, 6.07) is 31.5. The van der Waals surface area contributed by atoms with Gasteiger partial charge < -0.3 is 0 Å². The molecule has 0 bridgehead atoms. The molecule has 1 aliphatic carbocycles. The summed E-state index contributed by atoms with van der Waals surface area (Å²) in [5.41, 5.74) is 6.13. The molecule has 4 rings (SSSR count). The van der Waals surface area contributed by atoms with Crippen molar-refractivity contribution >= 4 is 0 Å². The zero-order chi connectivity index (χ0) is 18.6. The first-order chi connectivity index (χ1) is 13.3. The summed E-state index contributed by atoms with van der Waals surface area (Å²) in [4.78, 5) is 0. The standard InChI is InChI=1S/C27H30/c1-3-21(22-12-6-4-7-13-22)19-26(23-14-8-5-9-15-23)27-20(2)18-24-16-10-11-17-25(24)27/h4-17,20-21,26-27H,3,18-19H2,1-2H3. The van der Waals surface area contributed by atoms with Crippen LogP contribution in [0.15, 0.2) is 84.9 Å². The zero-order valence-electron chi connectivity index (χ0n) is 16.5. The molecule has 1 aliphatic rings. The predicted molar refractivity (Wildman–Crippen MR) is 115 cm³/mol. The minimum Gasteiger partial charge on any atom is -0.0648 e. The van der Waals surface area contributed by atoms with Crippen LogP contribution in [0.5, 0.6) is 0 Å². The quantitative estimate of drug-likeness (QED) is 0.434. The molecule has 0 radical (unpaired) electrons. The first-order valence-corrected chi connectivity index (χ1v) is 10.5. The molecular weight excluding hydrogens is 324 g/mol. The molecule has 0 heteroatoms. The van der Waals surface area contributed by atoms with Gasteiger partial charge in [0.05, 0.1) is 0 Å². The van der Waals surface area contributed by atoms with Crippen LogP contribution >= 0.6 is 0 Å². The van der Waals surface area contributed by atoms with Gasteiger partial charge in [-0.15, -0.1) is 0 Å². The fourth-order valence-corrected chi connectivity index (χ4v) is 5.20. The Bertz CT molecular complexity index is 849. The molecule has 0 fully saturated rings. The molecule has 4 atom stereocenters. The van der Waals surface area contributed by atoms with Gasteiger partial charge in [-0.2, -0.15) is 0 Å². The Morgan fingerprint density at radius 1 is 0.778 bits per heavy atom. The van der Waals surface area contributed by atoms with E-state index in [1.807, 2.05) is 0 Å². The summed E-state index contributed by atoms with van der Waals surface area (Å²) in [7, 11) is 0. The molecule has 0 saturated heterocycles. The van der Waals surface area contributed by atoms with Crippen molar-refractivity contribution in [3.63, 3.8) is 0 Å². The second-order valence-electron chi connectivity index (χ2n) is 8.17. The Morgan fingerprint density at radius 3 is 2.04 bits per heavy atom. The van der Waals surface area contributed by atoms with Crippen molar-refractivity contribution in [3.8, 4) is 0 Å². The lowest BCUT2D eigenvalue weighted by molar-refractivity contribution is 0.380. The zero-order valence-corrected chi connectivity index (χ0v) is 16.5. The maximum absolute atomic E-state index is 2.45. The number of hydrogen-bond donors (Lipinski definition) is 0. The van der Waals surface area contributed by atoms with Gasteiger partial charge in [0.2, 0.25) is 0 Å². The monoisotopic (exact) mass is 354 g/mol. The first kappa shape index (κ1) is 18.0. The van der Waals surface area contributed by atoms with Gasteiger partial charge in [-0.1, -0.05) is 98.8 Å². The highest BCUT2D eigenvalue weighted by Gasteiger charge is 2.36. The van der Waals surface area contributed by atoms with E-state index in [-0.39, 0.29) is 0 Å². The van der Waals surface area contributed by atoms with Gasteiger partial charge in [0.25, 0.3) is 0 Å². The van der Waals surface area contributed by atoms with Gasteiger partial charge in [0, 0.05) is 0 Å². The molecule has 3 aromatic rings. The Labute approximate surface area is 164 Å². The van der Waals surface area contributed by atoms with Crippen molar-refractivity contribution in [2.45, 2.75) is 50.9 Å². The van der Waals surface area contributed by atoms with Crippen molar-refractivity contribution in [2.24, 2.45) is 5.92 Å². The average molecular weight is 355 g/mol. The largest absolute Gasteiger partial charge is 0.0648 e. The van der Waals surface area contributed by atoms with E-state index in [1.54, 1.807) is 11.1 Å². The van der Waals surface area contributed by atoms with Crippen LogP contribution < -0.4 is 0 Å². The molecule has 0 spiro atoms. The van der Waals surface area contributed by atoms with Crippen LogP contribution in [0.3, 0.4) is 0 Å². The second-order valence-corrected chi connectivity index (χ2v) is 8.17. The van der Waals surface area contributed by atoms with Gasteiger partial charge >= 0.3 is 0 Å². The second kappa shape index (κ2) is 8.13. The SMILES string of the molecule is CCC(CC(c1ccccc1)C1c2ccccc2CC1C)c1ccccc1. The molecule has 0 nitrogen and oxygen atoms in total. The summed E-state index contributed by atoms with van der Waals surface area (Å²) in [5.74, 6) is 2.48. The molecule has 0 N–H and O–H groups in total. The van der Waals surface area contributed by atoms with Gasteiger partial charge in [-0.3, -0.25) is 0 Å². The maximum Gasteiger partial charge on any atom is -0.00613 e. The van der Waals surface area contributed by atoms with Gasteiger partial charge in [0.15, 0.2) is 0 Å². The Kier molecular flexibility index (Phi) is 5.43. The van der Waals surface area contributed by atoms with E-state index in [4.69, 9.17) is 0 Å². The number of fused-ring (bicyclic) bond motifs is 1. The molecule has 0 aromatic heterocycles. The average Bonchev–Trinajstić information content (AvgIpc) is 3.06. The summed E-state index contributed by atoms with van der Waals surface area (Å²) in [6.07, 6.45) is 3.62. The highest BCUT2D eigenvalue weighted by Crippen LogP contribution is 2.50. The van der Waals surface area contributed by atoms with Crippen molar-refractivity contribution in [2.75, 3.05) is 0 Å². The predicted octanol–water partition coefficient (Wildman–Crippen LogP) is 7.33. The molecule has 0 amide bonds. The minimum absolute atomic E-state index is 0.565. The van der Waals surface area contributed by atoms with Crippen molar-refractivity contribution in [1.82, 2.24) is 0 Å². The van der Waals surface area contributed by atoms with Gasteiger partial charge in [-0.05, 0) is 65.2 Å². The van der Waals surface area contributed by atoms with Crippen molar-refractivity contribution < 1.29 is 0 Å². The third-order valence-electron chi connectivity index (χ3n) is 6.53. The maximum atomic E-state index is 2.45. The highest BCUT2D eigenvalue weighted by molar-refractivity contribution is 5.40. The summed E-state index contributed by atoms with van der Waals surface area (Å²) >= 11 is 0. The van der Waals surface area contributed by atoms with Crippen LogP contribution in [-0.2, 0) is 6.42 Å². The van der Waals surface area contributed by atoms with E-state index in [1.165, 1.54) is 30.4 Å². The lowest BCUT2D eigenvalue weighted by Crippen LogP contribution is -2.18. The number of hydrogen-bond acceptors (Lipinski definition) is 0. The third-order valence-corrected chi connectivity index (χ3v) is 6.53. The molecule has 0 aliphatic heterocycles. The van der Waals surface area contributed by atoms with Crippen LogP contribution in [0.25, 0.3) is 0 Å². The van der Waals surface area contributed by atoms with E-state index in [9.17, 15) is 0 Å². The van der Waals surface area contributed by atoms with E-state index in [2.05, 4.69) is 98.8 Å². The molecular formula is C27H30. The molecule has 4 unspecified atom stereocenters. The lowest BCUT2D eigenvalue weighted by atomic mass is 9.72. The highest BCUT2D eigenvalue weighted by atomic mass is 14.4. The number of benzene rings is 3. The molecule has 0 heterocycles. The van der Waals surface area contributed by atoms with E-state index >= 15 is 0 Å². The topological polar surface area (TPSA) is 0 Å². The Balaban J connectivity index is 1.72. The van der Waals surface area contributed by atoms with E-state index in [0.29, 0.717) is 23.7 Å². The van der Waals surface area contributed by atoms with Crippen molar-refractivity contribution in [3.05, 3.63) is 107 Å². The Hall–Kier alpha value is -2.34. The first-order valence-electron chi connectivity index (χ1n) is 10.5. The number of rotatable bonds is 6. The van der Waals surface area contributed by atoms with Crippen molar-refractivity contribution in [1.29, 1.82) is 0 Å². The van der Waals surface area contributed by atoms with Crippen LogP contribution in [0.1, 0.15) is 66.7 Å². The summed E-state index contributed by atoms with van der Waals surface area (Å²) in [6.45, 7) is 4.79. The molecule has 0 saturated carbocycles. The van der Waals surface area contributed by atoms with Gasteiger partial charge in [0.1, 0.15) is 0 Å². The van der Waals surface area contributed by atoms with Crippen LogP contribution in [0.2, 0.25) is 0 Å². The molecule has 138 valence electrons. The lowest BCUT2D eigenvalue weighted by Gasteiger charge is -2.32. The molecule has 3 aromatic carbocycles. The third kappa shape index (κ3) is 3.72. The van der Waals surface area contributed by atoms with Crippen LogP contribution in [0, 0.1) is 5.92 Å². The smallest absolute Gasteiger partial charge is 0.00613 e. The van der Waals surface area contributed by atoms with Gasteiger partial charge in [-0.25, -0.2) is 0 Å². The fourth-order valence-electron chi connectivity index (χ4n) is 5.20. The normalized spacial score (nSPS) is 20.8. The van der Waals surface area contributed by atoms with E-state index < -0.39 is 0 Å². The summed E-state index contributed by atoms with van der Waals surface area (Å²) < 4.78 is 0.